The maximum absolute atomic E-state index is 9.31. The lowest BCUT2D eigenvalue weighted by atomic mass is 10.2. The van der Waals surface area contributed by atoms with E-state index in [-0.39, 0.29) is 6.10 Å². The zero-order valence-corrected chi connectivity index (χ0v) is 8.51. The molecule has 1 heterocycles. The fourth-order valence-corrected chi connectivity index (χ4v) is 1.71. The second-order valence-electron chi connectivity index (χ2n) is 3.70. The van der Waals surface area contributed by atoms with Crippen LogP contribution in [0.2, 0.25) is 0 Å². The Kier molecular flexibility index (Phi) is 2.44. The lowest BCUT2D eigenvalue weighted by Gasteiger charge is -2.07. The highest BCUT2D eigenvalue weighted by Crippen LogP contribution is 2.17. The predicted molar refractivity (Wildman–Crippen MR) is 58.3 cm³/mol. The van der Waals surface area contributed by atoms with Crippen molar-refractivity contribution in [2.24, 2.45) is 0 Å². The molecule has 0 radical (unpaired) electrons. The van der Waals surface area contributed by atoms with E-state index >= 15 is 0 Å². The monoisotopic (exact) mass is 200 g/mol. The molecule has 15 heavy (non-hydrogen) atoms. The predicted octanol–water partition coefficient (Wildman–Crippen LogP) is 1.89. The minimum atomic E-state index is -0.365. The zero-order chi connectivity index (χ0) is 10.8. The second-order valence-corrected chi connectivity index (χ2v) is 3.70. The Bertz CT molecular complexity index is 520. The molecular weight excluding hydrogens is 188 g/mol. The third kappa shape index (κ3) is 1.85. The highest BCUT2D eigenvalue weighted by molar-refractivity contribution is 5.81. The van der Waals surface area contributed by atoms with Crippen molar-refractivity contribution >= 4 is 10.9 Å². The Morgan fingerprint density at radius 3 is 2.93 bits per heavy atom. The van der Waals surface area contributed by atoms with E-state index in [1.54, 1.807) is 13.0 Å². The van der Waals surface area contributed by atoms with Crippen LogP contribution < -0.4 is 0 Å². The number of rotatable bonds is 2. The smallest absolute Gasteiger partial charge is 0.0991 e. The molecule has 0 fully saturated rings. The van der Waals surface area contributed by atoms with Gasteiger partial charge in [0.2, 0.25) is 0 Å². The first-order valence-corrected chi connectivity index (χ1v) is 4.88. The fourth-order valence-electron chi connectivity index (χ4n) is 1.71. The van der Waals surface area contributed by atoms with Crippen molar-refractivity contribution in [1.82, 2.24) is 4.57 Å². The largest absolute Gasteiger partial charge is 0.392 e. The molecule has 0 amide bonds. The first-order chi connectivity index (χ1) is 7.20. The molecule has 2 rings (SSSR count). The second kappa shape index (κ2) is 3.76. The van der Waals surface area contributed by atoms with Crippen LogP contribution in [-0.4, -0.2) is 15.8 Å². The topological polar surface area (TPSA) is 49.0 Å². The lowest BCUT2D eigenvalue weighted by Crippen LogP contribution is -2.10. The quantitative estimate of drug-likeness (QED) is 0.804. The van der Waals surface area contributed by atoms with Gasteiger partial charge in [0, 0.05) is 23.6 Å². The van der Waals surface area contributed by atoms with Crippen LogP contribution in [0.15, 0.2) is 30.5 Å². The SMILES string of the molecule is C[C@H](O)Cn1ccc2cc(C#N)ccc21. The van der Waals surface area contributed by atoms with Crippen molar-refractivity contribution in [3.05, 3.63) is 36.0 Å². The Labute approximate surface area is 88.2 Å². The van der Waals surface area contributed by atoms with Crippen LogP contribution in [0.25, 0.3) is 10.9 Å². The van der Waals surface area contributed by atoms with Gasteiger partial charge in [0.25, 0.3) is 0 Å². The number of hydrogen-bond donors (Lipinski definition) is 1. The van der Waals surface area contributed by atoms with E-state index in [2.05, 4.69) is 6.07 Å². The van der Waals surface area contributed by atoms with Crippen molar-refractivity contribution in [2.75, 3.05) is 0 Å². The van der Waals surface area contributed by atoms with Gasteiger partial charge in [0.1, 0.15) is 0 Å². The number of fused-ring (bicyclic) bond motifs is 1. The van der Waals surface area contributed by atoms with Gasteiger partial charge in [-0.15, -0.1) is 0 Å². The van der Waals surface area contributed by atoms with Crippen LogP contribution in [0.4, 0.5) is 0 Å². The van der Waals surface area contributed by atoms with E-state index in [1.807, 2.05) is 29.0 Å². The van der Waals surface area contributed by atoms with Crippen LogP contribution >= 0.6 is 0 Å². The van der Waals surface area contributed by atoms with Gasteiger partial charge in [-0.05, 0) is 31.2 Å². The van der Waals surface area contributed by atoms with Gasteiger partial charge < -0.3 is 9.67 Å². The van der Waals surface area contributed by atoms with E-state index in [0.717, 1.165) is 10.9 Å². The summed E-state index contributed by atoms with van der Waals surface area (Å²) >= 11 is 0. The maximum Gasteiger partial charge on any atom is 0.0991 e. The Balaban J connectivity index is 2.48. The Morgan fingerprint density at radius 1 is 1.47 bits per heavy atom. The molecule has 1 aromatic carbocycles. The van der Waals surface area contributed by atoms with Crippen LogP contribution in [-0.2, 0) is 6.54 Å². The van der Waals surface area contributed by atoms with Crippen LogP contribution in [0.3, 0.4) is 0 Å². The van der Waals surface area contributed by atoms with Crippen LogP contribution in [0, 0.1) is 11.3 Å². The third-order valence-corrected chi connectivity index (χ3v) is 2.36. The van der Waals surface area contributed by atoms with E-state index < -0.39 is 0 Å². The summed E-state index contributed by atoms with van der Waals surface area (Å²) in [6.45, 7) is 2.34. The minimum Gasteiger partial charge on any atom is -0.392 e. The van der Waals surface area contributed by atoms with E-state index in [4.69, 9.17) is 5.26 Å². The molecule has 3 nitrogen and oxygen atoms in total. The Morgan fingerprint density at radius 2 is 2.27 bits per heavy atom. The molecule has 76 valence electrons. The summed E-state index contributed by atoms with van der Waals surface area (Å²) in [5, 5.41) is 19.1. The van der Waals surface area contributed by atoms with E-state index in [0.29, 0.717) is 12.1 Å². The average molecular weight is 200 g/mol. The molecule has 0 saturated heterocycles. The molecule has 0 aliphatic heterocycles. The molecular formula is C12H12N2O. The minimum absolute atomic E-state index is 0.365. The van der Waals surface area contributed by atoms with Crippen LogP contribution in [0.5, 0.6) is 0 Å². The lowest BCUT2D eigenvalue weighted by molar-refractivity contribution is 0.175. The number of aliphatic hydroxyl groups excluding tert-OH is 1. The highest BCUT2D eigenvalue weighted by Gasteiger charge is 2.03. The van der Waals surface area contributed by atoms with Crippen molar-refractivity contribution < 1.29 is 5.11 Å². The number of hydrogen-bond acceptors (Lipinski definition) is 2. The highest BCUT2D eigenvalue weighted by atomic mass is 16.3. The first-order valence-electron chi connectivity index (χ1n) is 4.88. The summed E-state index contributed by atoms with van der Waals surface area (Å²) in [6, 6.07) is 9.63. The average Bonchev–Trinajstić information content (AvgIpc) is 2.60. The first kappa shape index (κ1) is 9.75. The molecule has 1 N–H and O–H groups in total. The van der Waals surface area contributed by atoms with E-state index in [1.165, 1.54) is 0 Å². The summed E-state index contributed by atoms with van der Waals surface area (Å²) < 4.78 is 1.99. The summed E-state index contributed by atoms with van der Waals surface area (Å²) in [7, 11) is 0. The van der Waals surface area contributed by atoms with Crippen LogP contribution in [0.1, 0.15) is 12.5 Å². The molecule has 0 aliphatic rings. The van der Waals surface area contributed by atoms with E-state index in [9.17, 15) is 5.11 Å². The van der Waals surface area contributed by atoms with Gasteiger partial charge >= 0.3 is 0 Å². The van der Waals surface area contributed by atoms with Gasteiger partial charge in [-0.3, -0.25) is 0 Å². The molecule has 0 aliphatic carbocycles. The van der Waals surface area contributed by atoms with Gasteiger partial charge in [-0.2, -0.15) is 5.26 Å². The molecule has 1 atom stereocenters. The summed E-state index contributed by atoms with van der Waals surface area (Å²) in [5.74, 6) is 0. The van der Waals surface area contributed by atoms with Gasteiger partial charge in [0.05, 0.1) is 17.7 Å². The number of nitrogens with zero attached hydrogens (tertiary/aromatic N) is 2. The van der Waals surface area contributed by atoms with Crippen molar-refractivity contribution in [2.45, 2.75) is 19.6 Å². The number of benzene rings is 1. The van der Waals surface area contributed by atoms with Crippen molar-refractivity contribution in [1.29, 1.82) is 5.26 Å². The third-order valence-electron chi connectivity index (χ3n) is 2.36. The summed E-state index contributed by atoms with van der Waals surface area (Å²) in [6.07, 6.45) is 1.56. The zero-order valence-electron chi connectivity index (χ0n) is 8.51. The summed E-state index contributed by atoms with van der Waals surface area (Å²) in [4.78, 5) is 0. The fraction of sp³-hybridized carbons (Fsp3) is 0.250. The standard InChI is InChI=1S/C12H12N2O/c1-9(15)8-14-5-4-11-6-10(7-13)2-3-12(11)14/h2-6,9,15H,8H2,1H3/t9-/m0/s1. The van der Waals surface area contributed by atoms with Gasteiger partial charge in [-0.1, -0.05) is 0 Å². The molecule has 0 spiro atoms. The number of aromatic nitrogens is 1. The molecule has 0 saturated carbocycles. The molecule has 0 bridgehead atoms. The molecule has 2 aromatic rings. The van der Waals surface area contributed by atoms with Crippen molar-refractivity contribution in [3.8, 4) is 6.07 Å². The van der Waals surface area contributed by atoms with Crippen molar-refractivity contribution in [3.63, 3.8) is 0 Å². The molecule has 1 aromatic heterocycles. The normalized spacial score (nSPS) is 12.6. The molecule has 0 unspecified atom stereocenters. The Hall–Kier alpha value is -1.79. The van der Waals surface area contributed by atoms with Gasteiger partial charge in [-0.25, -0.2) is 0 Å². The van der Waals surface area contributed by atoms with Gasteiger partial charge in [0.15, 0.2) is 0 Å². The number of aliphatic hydroxyl groups is 1. The number of nitriles is 1. The summed E-state index contributed by atoms with van der Waals surface area (Å²) in [5.41, 5.74) is 1.71. The molecule has 3 heteroatoms. The maximum atomic E-state index is 9.31.